The number of carbonyl (C=O) groups excluding carboxylic acids is 5. The third kappa shape index (κ3) is 14.5. The van der Waals surface area contributed by atoms with Crippen molar-refractivity contribution in [2.45, 2.75) is 179 Å². The van der Waals surface area contributed by atoms with E-state index in [9.17, 15) is 34.2 Å². The number of cyclic esters (lactones) is 1. The molecule has 0 amide bonds. The van der Waals surface area contributed by atoms with Gasteiger partial charge in [0.15, 0.2) is 24.5 Å². The van der Waals surface area contributed by atoms with Gasteiger partial charge in [-0.2, -0.15) is 0 Å². The number of rotatable bonds is 13. The first-order valence-corrected chi connectivity index (χ1v) is 20.8. The van der Waals surface area contributed by atoms with Gasteiger partial charge in [-0.1, -0.05) is 45.9 Å². The molecular weight excluding hydrogens is 770 g/mol. The van der Waals surface area contributed by atoms with Crippen LogP contribution in [-0.4, -0.2) is 145 Å². The molecule has 0 saturated carbocycles. The number of likely N-dealkylation sites (N-methyl/N-ethyl adjacent to an activating group) is 1. The number of hydrogen-bond donors (Lipinski definition) is 2. The Labute approximate surface area is 349 Å². The molecule has 16 nitrogen and oxygen atoms in total. The van der Waals surface area contributed by atoms with Gasteiger partial charge in [0, 0.05) is 45.1 Å². The largest absolute Gasteiger partial charge is 0.462 e. The Balaban J connectivity index is 2.00. The van der Waals surface area contributed by atoms with Crippen molar-refractivity contribution in [1.82, 2.24) is 4.90 Å². The van der Waals surface area contributed by atoms with E-state index < -0.39 is 115 Å². The minimum Gasteiger partial charge on any atom is -0.462 e. The number of carbonyl (C=O) groups is 5. The first-order chi connectivity index (χ1) is 27.7. The summed E-state index contributed by atoms with van der Waals surface area (Å²) in [5.41, 5.74) is -1.51. The number of ether oxygens (including phenoxy) is 8. The zero-order valence-corrected chi connectivity index (χ0v) is 36.6. The van der Waals surface area contributed by atoms with Gasteiger partial charge < -0.3 is 57.8 Å². The second-order valence-corrected chi connectivity index (χ2v) is 17.0. The van der Waals surface area contributed by atoms with Crippen LogP contribution < -0.4 is 0 Å². The van der Waals surface area contributed by atoms with Crippen molar-refractivity contribution in [2.75, 3.05) is 21.2 Å². The molecule has 336 valence electrons. The van der Waals surface area contributed by atoms with Crippen LogP contribution in [0.25, 0.3) is 0 Å². The summed E-state index contributed by atoms with van der Waals surface area (Å²) in [6.07, 6.45) is -4.00. The molecule has 3 rings (SSSR count). The van der Waals surface area contributed by atoms with Crippen molar-refractivity contribution in [3.63, 3.8) is 0 Å². The highest BCUT2D eigenvalue weighted by Crippen LogP contribution is 2.37. The Bertz CT molecular complexity index is 1450. The first-order valence-electron chi connectivity index (χ1n) is 20.8. The van der Waals surface area contributed by atoms with Crippen LogP contribution >= 0.6 is 0 Å². The summed E-state index contributed by atoms with van der Waals surface area (Å²) in [5.74, 6) is -3.22. The average molecular weight is 840 g/mol. The smallest absolute Gasteiger partial charge is 0.309 e. The Morgan fingerprint density at radius 3 is 2.29 bits per heavy atom. The first kappa shape index (κ1) is 50.3. The van der Waals surface area contributed by atoms with Gasteiger partial charge in [0.2, 0.25) is 0 Å². The number of aliphatic hydroxyl groups is 2. The molecule has 0 unspecified atom stereocenters. The fraction of sp³-hybridized carbons (Fsp3) is 0.791. The van der Waals surface area contributed by atoms with Crippen LogP contribution in [0.5, 0.6) is 0 Å². The molecular formula is C43H69NO15. The monoisotopic (exact) mass is 839 g/mol. The maximum absolute atomic E-state index is 13.3. The van der Waals surface area contributed by atoms with Crippen molar-refractivity contribution in [3.8, 4) is 0 Å². The predicted molar refractivity (Wildman–Crippen MR) is 213 cm³/mol. The molecule has 59 heavy (non-hydrogen) atoms. The van der Waals surface area contributed by atoms with Gasteiger partial charge in [-0.25, -0.2) is 0 Å². The van der Waals surface area contributed by atoms with Crippen molar-refractivity contribution in [3.05, 3.63) is 24.3 Å². The average Bonchev–Trinajstić information content (AvgIpc) is 3.13. The Kier molecular flexibility index (Phi) is 19.8. The molecule has 0 aromatic heterocycles. The number of aliphatic hydroxyl groups excluding tert-OH is 1. The van der Waals surface area contributed by atoms with E-state index in [0.29, 0.717) is 12.7 Å². The molecule has 0 spiro atoms. The summed E-state index contributed by atoms with van der Waals surface area (Å²) in [5, 5.41) is 23.6. The van der Waals surface area contributed by atoms with Gasteiger partial charge in [-0.05, 0) is 66.1 Å². The highest BCUT2D eigenvalue weighted by atomic mass is 16.7. The van der Waals surface area contributed by atoms with Crippen LogP contribution in [0.2, 0.25) is 0 Å². The van der Waals surface area contributed by atoms with E-state index in [1.165, 1.54) is 13.2 Å². The Hall–Kier alpha value is -3.09. The predicted octanol–water partition coefficient (Wildman–Crippen LogP) is 3.61. The molecule has 0 aliphatic carbocycles. The maximum atomic E-state index is 13.3. The number of methoxy groups -OCH3 is 1. The van der Waals surface area contributed by atoms with Crippen LogP contribution in [-0.2, 0) is 61.9 Å². The molecule has 3 heterocycles. The number of nitrogens with zero attached hydrogens (tertiary/aromatic N) is 1. The second-order valence-electron chi connectivity index (χ2n) is 17.0. The van der Waals surface area contributed by atoms with Crippen molar-refractivity contribution in [1.29, 1.82) is 0 Å². The molecule has 3 aliphatic rings. The summed E-state index contributed by atoms with van der Waals surface area (Å²) in [6, 6.07) is -0.796. The van der Waals surface area contributed by atoms with Crippen molar-refractivity contribution >= 4 is 30.0 Å². The minimum atomic E-state index is -1.51. The van der Waals surface area contributed by atoms with Crippen LogP contribution in [0.3, 0.4) is 0 Å². The number of ketones is 1. The lowest BCUT2D eigenvalue weighted by molar-refractivity contribution is -0.344. The zero-order valence-electron chi connectivity index (χ0n) is 36.6. The van der Waals surface area contributed by atoms with Crippen molar-refractivity contribution < 1.29 is 72.1 Å². The third-order valence-electron chi connectivity index (χ3n) is 11.0. The van der Waals surface area contributed by atoms with Crippen LogP contribution in [0, 0.1) is 17.8 Å². The fourth-order valence-corrected chi connectivity index (χ4v) is 8.02. The van der Waals surface area contributed by atoms with Crippen LogP contribution in [0.15, 0.2) is 24.3 Å². The van der Waals surface area contributed by atoms with E-state index in [0.717, 1.165) is 0 Å². The quantitative estimate of drug-likeness (QED) is 0.155. The molecule has 0 radical (unpaired) electrons. The van der Waals surface area contributed by atoms with Crippen molar-refractivity contribution in [2.24, 2.45) is 17.8 Å². The lowest BCUT2D eigenvalue weighted by atomic mass is 9.83. The molecule has 0 aromatic rings. The summed E-state index contributed by atoms with van der Waals surface area (Å²) in [7, 11) is 4.84. The zero-order chi connectivity index (χ0) is 44.2. The lowest BCUT2D eigenvalue weighted by Gasteiger charge is -2.50. The topological polar surface area (TPSA) is 203 Å². The number of esters is 3. The van der Waals surface area contributed by atoms with E-state index in [1.54, 1.807) is 78.8 Å². The molecule has 2 fully saturated rings. The number of aldehydes is 1. The van der Waals surface area contributed by atoms with Gasteiger partial charge in [-0.15, -0.1) is 0 Å². The van der Waals surface area contributed by atoms with Gasteiger partial charge in [-0.3, -0.25) is 19.2 Å². The Morgan fingerprint density at radius 1 is 1.00 bits per heavy atom. The summed E-state index contributed by atoms with van der Waals surface area (Å²) in [4.78, 5) is 66.0. The van der Waals surface area contributed by atoms with Gasteiger partial charge >= 0.3 is 17.9 Å². The SMILES string of the molecule is CCC(=O)O[C@@H]1CC(=O)O[C@H](C)C/C=C/C=C/C(=O)[C@H](C)C[C@H](CC=O)[C@@H](O[C@H]2O[C@@H](C)[C@H](O[C@H]3C[C@@](C)(O)[C@H](OC(=O)CC(C)C)[C@@H](C)O3)[C@@H](N(C)C)[C@@H]2O)[C@@H]1OC. The third-order valence-corrected chi connectivity index (χ3v) is 11.0. The Morgan fingerprint density at radius 2 is 1.69 bits per heavy atom. The van der Waals surface area contributed by atoms with Crippen LogP contribution in [0.1, 0.15) is 100 Å². The molecule has 2 N–H and O–H groups in total. The fourth-order valence-electron chi connectivity index (χ4n) is 8.02. The second kappa shape index (κ2) is 23.2. The van der Waals surface area contributed by atoms with E-state index in [1.807, 2.05) is 13.8 Å². The van der Waals surface area contributed by atoms with Gasteiger partial charge in [0.25, 0.3) is 0 Å². The summed E-state index contributed by atoms with van der Waals surface area (Å²) in [6.45, 7) is 13.8. The summed E-state index contributed by atoms with van der Waals surface area (Å²) < 4.78 is 48.7. The molecule has 0 aromatic carbocycles. The molecule has 3 aliphatic heterocycles. The number of allylic oxidation sites excluding steroid dienone is 3. The summed E-state index contributed by atoms with van der Waals surface area (Å²) >= 11 is 0. The minimum absolute atomic E-state index is 0.0128. The van der Waals surface area contributed by atoms with Crippen LogP contribution in [0.4, 0.5) is 0 Å². The molecule has 0 bridgehead atoms. The molecule has 2 saturated heterocycles. The normalized spacial score (nSPS) is 39.0. The van der Waals surface area contributed by atoms with E-state index in [4.69, 9.17) is 37.9 Å². The number of hydrogen-bond acceptors (Lipinski definition) is 16. The van der Waals surface area contributed by atoms with E-state index >= 15 is 0 Å². The van der Waals surface area contributed by atoms with E-state index in [2.05, 4.69) is 0 Å². The van der Waals surface area contributed by atoms with Gasteiger partial charge in [0.05, 0.1) is 30.8 Å². The highest BCUT2D eigenvalue weighted by molar-refractivity contribution is 5.91. The molecule has 16 heteroatoms. The van der Waals surface area contributed by atoms with E-state index in [-0.39, 0.29) is 43.8 Å². The standard InChI is InChI=1S/C43H69NO15/c1-12-32(47)56-31-22-34(49)53-26(5)16-14-13-15-17-30(46)25(4)21-29(18-19-45)39(40(31)52-11)59-42-37(50)36(44(9)10)38(27(6)55-42)58-35-23-43(8,51)41(28(7)54-35)57-33(48)20-24(2)3/h13-15,17,19,24-29,31,35-42,50-51H,12,16,18,20-23H2,1-11H3/b14-13+,17-15+/t25-,26-,27+,28-,29+,31-,35+,36+,37+,38+,39-,40-,41-,42-,43-/m1/s1. The molecule has 15 atom stereocenters. The highest BCUT2D eigenvalue weighted by Gasteiger charge is 2.53. The lowest BCUT2D eigenvalue weighted by Crippen LogP contribution is -2.66. The maximum Gasteiger partial charge on any atom is 0.309 e. The van der Waals surface area contributed by atoms with Gasteiger partial charge in [0.1, 0.15) is 42.4 Å².